The lowest BCUT2D eigenvalue weighted by Gasteiger charge is -2.39. The molecule has 0 spiro atoms. The fourth-order valence-electron chi connectivity index (χ4n) is 3.81. The Labute approximate surface area is 153 Å². The number of allylic oxidation sites excluding steroid dienone is 1. The van der Waals surface area contributed by atoms with Gasteiger partial charge in [0.2, 0.25) is 0 Å². The standard InChI is InChI=1S/C23H21NO2/c25-16-21(14-19-11-13-26-17-19)24-12-10-20-8-4-5-9-22(20)23(24)15-18-6-2-1-3-7-18/h1-9,11,13,17,23H,10,12,14-15H2. The van der Waals surface area contributed by atoms with E-state index in [-0.39, 0.29) is 6.04 Å². The molecule has 4 rings (SSSR count). The molecule has 3 aromatic rings. The smallest absolute Gasteiger partial charge is 0.146 e. The van der Waals surface area contributed by atoms with Crippen LogP contribution in [0.15, 0.2) is 83.3 Å². The summed E-state index contributed by atoms with van der Waals surface area (Å²) in [6, 6.07) is 21.1. The molecule has 3 nitrogen and oxygen atoms in total. The summed E-state index contributed by atoms with van der Waals surface area (Å²) in [5.74, 6) is 2.21. The van der Waals surface area contributed by atoms with E-state index in [9.17, 15) is 4.79 Å². The molecule has 3 heteroatoms. The minimum absolute atomic E-state index is 0.144. The summed E-state index contributed by atoms with van der Waals surface area (Å²) in [6.45, 7) is 0.830. The third-order valence-corrected chi connectivity index (χ3v) is 5.10. The number of benzene rings is 2. The Morgan fingerprint density at radius 1 is 1.04 bits per heavy atom. The summed E-state index contributed by atoms with van der Waals surface area (Å²) >= 11 is 0. The fourth-order valence-corrected chi connectivity index (χ4v) is 3.81. The first kappa shape index (κ1) is 16.4. The number of carbonyl (C=O) groups excluding carboxylic acids is 1. The predicted molar refractivity (Wildman–Crippen MR) is 101 cm³/mol. The van der Waals surface area contributed by atoms with Crippen LogP contribution in [0.1, 0.15) is 28.3 Å². The normalized spacial score (nSPS) is 16.0. The van der Waals surface area contributed by atoms with Crippen LogP contribution in [0.3, 0.4) is 0 Å². The third kappa shape index (κ3) is 3.35. The fraction of sp³-hybridized carbons (Fsp3) is 0.217. The molecule has 0 fully saturated rings. The lowest BCUT2D eigenvalue weighted by Crippen LogP contribution is -2.37. The zero-order chi connectivity index (χ0) is 17.8. The lowest BCUT2D eigenvalue weighted by molar-refractivity contribution is 0.236. The van der Waals surface area contributed by atoms with Crippen molar-refractivity contribution < 1.29 is 9.21 Å². The number of furan rings is 1. The van der Waals surface area contributed by atoms with Gasteiger partial charge in [-0.25, -0.2) is 4.79 Å². The average Bonchev–Trinajstić information content (AvgIpc) is 3.21. The second kappa shape index (κ2) is 7.47. The lowest BCUT2D eigenvalue weighted by atomic mass is 9.88. The van der Waals surface area contributed by atoms with Gasteiger partial charge in [0, 0.05) is 13.0 Å². The van der Waals surface area contributed by atoms with Gasteiger partial charge in [0.1, 0.15) is 11.6 Å². The van der Waals surface area contributed by atoms with E-state index in [4.69, 9.17) is 4.42 Å². The number of hydrogen-bond donors (Lipinski definition) is 0. The third-order valence-electron chi connectivity index (χ3n) is 5.10. The highest BCUT2D eigenvalue weighted by Gasteiger charge is 2.29. The summed E-state index contributed by atoms with van der Waals surface area (Å²) in [5.41, 5.74) is 5.65. The van der Waals surface area contributed by atoms with Gasteiger partial charge in [0.15, 0.2) is 0 Å². The van der Waals surface area contributed by atoms with E-state index >= 15 is 0 Å². The minimum Gasteiger partial charge on any atom is -0.472 e. The van der Waals surface area contributed by atoms with Crippen LogP contribution < -0.4 is 0 Å². The zero-order valence-corrected chi connectivity index (χ0v) is 14.6. The van der Waals surface area contributed by atoms with Gasteiger partial charge in [-0.15, -0.1) is 0 Å². The Morgan fingerprint density at radius 2 is 1.85 bits per heavy atom. The first-order valence-corrected chi connectivity index (χ1v) is 8.98. The van der Waals surface area contributed by atoms with Gasteiger partial charge in [-0.1, -0.05) is 54.6 Å². The molecule has 0 amide bonds. The second-order valence-corrected chi connectivity index (χ2v) is 6.70. The molecule has 1 unspecified atom stereocenters. The van der Waals surface area contributed by atoms with Crippen LogP contribution in [0, 0.1) is 0 Å². The van der Waals surface area contributed by atoms with Gasteiger partial charge in [0.05, 0.1) is 18.6 Å². The van der Waals surface area contributed by atoms with E-state index in [1.165, 1.54) is 16.7 Å². The van der Waals surface area contributed by atoms with Gasteiger partial charge in [-0.2, -0.15) is 0 Å². The summed E-state index contributed by atoms with van der Waals surface area (Å²) in [6.07, 6.45) is 5.70. The van der Waals surface area contributed by atoms with Gasteiger partial charge >= 0.3 is 0 Å². The molecule has 26 heavy (non-hydrogen) atoms. The van der Waals surface area contributed by atoms with Gasteiger partial charge < -0.3 is 9.32 Å². The van der Waals surface area contributed by atoms with Crippen molar-refractivity contribution in [3.63, 3.8) is 0 Å². The molecule has 1 atom stereocenters. The maximum absolute atomic E-state index is 11.8. The molecule has 130 valence electrons. The first-order chi connectivity index (χ1) is 12.8. The van der Waals surface area contributed by atoms with E-state index < -0.39 is 0 Å². The van der Waals surface area contributed by atoms with Crippen molar-refractivity contribution in [3.05, 3.63) is 101 Å². The molecule has 1 aliphatic heterocycles. The highest BCUT2D eigenvalue weighted by molar-refractivity contribution is 5.54. The largest absolute Gasteiger partial charge is 0.472 e. The molecule has 0 saturated carbocycles. The van der Waals surface area contributed by atoms with E-state index in [1.54, 1.807) is 12.5 Å². The number of hydrogen-bond acceptors (Lipinski definition) is 3. The van der Waals surface area contributed by atoms with Crippen LogP contribution in [0.25, 0.3) is 0 Å². The summed E-state index contributed by atoms with van der Waals surface area (Å²) in [4.78, 5) is 14.0. The summed E-state index contributed by atoms with van der Waals surface area (Å²) in [7, 11) is 0. The van der Waals surface area contributed by atoms with E-state index in [0.29, 0.717) is 12.1 Å². The van der Waals surface area contributed by atoms with Gasteiger partial charge in [-0.3, -0.25) is 0 Å². The van der Waals surface area contributed by atoms with Gasteiger partial charge in [-0.05, 0) is 41.2 Å². The molecule has 0 aliphatic carbocycles. The summed E-state index contributed by atoms with van der Waals surface area (Å²) < 4.78 is 5.16. The Morgan fingerprint density at radius 3 is 2.62 bits per heavy atom. The van der Waals surface area contributed by atoms with Crippen LogP contribution in [-0.2, 0) is 24.1 Å². The highest BCUT2D eigenvalue weighted by atomic mass is 16.3. The minimum atomic E-state index is 0.144. The Balaban J connectivity index is 1.69. The van der Waals surface area contributed by atoms with E-state index in [1.807, 2.05) is 12.1 Å². The van der Waals surface area contributed by atoms with Crippen molar-refractivity contribution in [1.29, 1.82) is 0 Å². The number of nitrogens with zero attached hydrogens (tertiary/aromatic N) is 1. The van der Waals surface area contributed by atoms with Gasteiger partial charge in [0.25, 0.3) is 0 Å². The Hall–Kier alpha value is -3.03. The van der Waals surface area contributed by atoms with Crippen LogP contribution in [-0.4, -0.2) is 17.4 Å². The SMILES string of the molecule is O=C=C(Cc1ccoc1)N1CCc2ccccc2C1Cc1ccccc1. The molecular weight excluding hydrogens is 322 g/mol. The van der Waals surface area contributed by atoms with Crippen LogP contribution >= 0.6 is 0 Å². The van der Waals surface area contributed by atoms with Crippen molar-refractivity contribution >= 4 is 5.94 Å². The van der Waals surface area contributed by atoms with Crippen LogP contribution in [0.5, 0.6) is 0 Å². The topological polar surface area (TPSA) is 33.5 Å². The molecule has 2 heterocycles. The van der Waals surface area contributed by atoms with Crippen LogP contribution in [0.4, 0.5) is 0 Å². The maximum atomic E-state index is 11.8. The second-order valence-electron chi connectivity index (χ2n) is 6.70. The van der Waals surface area contributed by atoms with Crippen molar-refractivity contribution in [2.24, 2.45) is 0 Å². The molecular formula is C23H21NO2. The van der Waals surface area contributed by atoms with Crippen molar-refractivity contribution in [2.45, 2.75) is 25.3 Å². The zero-order valence-electron chi connectivity index (χ0n) is 14.6. The average molecular weight is 343 g/mol. The highest BCUT2D eigenvalue weighted by Crippen LogP contribution is 2.35. The van der Waals surface area contributed by atoms with Crippen molar-refractivity contribution in [1.82, 2.24) is 4.90 Å². The molecule has 1 aromatic heterocycles. The van der Waals surface area contributed by atoms with Crippen molar-refractivity contribution in [3.8, 4) is 0 Å². The molecule has 1 aliphatic rings. The summed E-state index contributed by atoms with van der Waals surface area (Å²) in [5, 5.41) is 0. The number of fused-ring (bicyclic) bond motifs is 1. The molecule has 0 N–H and O–H groups in total. The van der Waals surface area contributed by atoms with Crippen LogP contribution in [0.2, 0.25) is 0 Å². The maximum Gasteiger partial charge on any atom is 0.146 e. The van der Waals surface area contributed by atoms with Crippen molar-refractivity contribution in [2.75, 3.05) is 6.54 Å². The predicted octanol–water partition coefficient (Wildman–Crippen LogP) is 4.38. The molecule has 0 radical (unpaired) electrons. The van der Waals surface area contributed by atoms with E-state index in [0.717, 1.165) is 24.9 Å². The molecule has 0 saturated heterocycles. The Bertz CT molecular complexity index is 908. The quantitative estimate of drug-likeness (QED) is 0.645. The monoisotopic (exact) mass is 343 g/mol. The first-order valence-electron chi connectivity index (χ1n) is 8.98. The molecule has 2 aromatic carbocycles. The molecule has 0 bridgehead atoms. The van der Waals surface area contributed by atoms with E-state index in [2.05, 4.69) is 59.4 Å². The number of rotatable bonds is 5. The Kier molecular flexibility index (Phi) is 4.72.